The minimum absolute atomic E-state index is 0.0409. The maximum absolute atomic E-state index is 12.0. The fraction of sp³-hybridized carbons (Fsp3) is 0.429. The van der Waals surface area contributed by atoms with E-state index in [0.29, 0.717) is 19.6 Å². The van der Waals surface area contributed by atoms with E-state index in [9.17, 15) is 4.79 Å². The van der Waals surface area contributed by atoms with Crippen LogP contribution in [0.3, 0.4) is 0 Å². The molecule has 6 nitrogen and oxygen atoms in total. The summed E-state index contributed by atoms with van der Waals surface area (Å²) < 4.78 is 5.28. The fourth-order valence-electron chi connectivity index (χ4n) is 2.14. The molecule has 1 aliphatic heterocycles. The van der Waals surface area contributed by atoms with Gasteiger partial charge in [0.05, 0.1) is 12.3 Å². The topological polar surface area (TPSA) is 77.1 Å². The summed E-state index contributed by atoms with van der Waals surface area (Å²) in [6.07, 6.45) is -0.353. The summed E-state index contributed by atoms with van der Waals surface area (Å²) >= 11 is 0. The van der Waals surface area contributed by atoms with Crippen molar-refractivity contribution in [3.63, 3.8) is 0 Å². The van der Waals surface area contributed by atoms with Crippen molar-refractivity contribution in [3.8, 4) is 0 Å². The second-order valence-corrected chi connectivity index (χ2v) is 4.62. The average Bonchev–Trinajstić information content (AvgIpc) is 2.89. The third-order valence-electron chi connectivity index (χ3n) is 3.22. The summed E-state index contributed by atoms with van der Waals surface area (Å²) in [6.45, 7) is 1.63. The zero-order chi connectivity index (χ0) is 14.4. The van der Waals surface area contributed by atoms with E-state index in [-0.39, 0.29) is 18.6 Å². The van der Waals surface area contributed by atoms with Gasteiger partial charge in [-0.25, -0.2) is 4.79 Å². The van der Waals surface area contributed by atoms with Crippen LogP contribution in [0.5, 0.6) is 0 Å². The molecule has 0 radical (unpaired) electrons. The van der Waals surface area contributed by atoms with Crippen LogP contribution >= 0.6 is 0 Å². The number of carbonyl (C=O) groups excluding carboxylic acids is 1. The van der Waals surface area contributed by atoms with E-state index in [2.05, 4.69) is 5.16 Å². The van der Waals surface area contributed by atoms with Gasteiger partial charge in [-0.2, -0.15) is 0 Å². The van der Waals surface area contributed by atoms with E-state index in [1.54, 1.807) is 4.90 Å². The molecule has 1 fully saturated rings. The number of ether oxygens (including phenoxy) is 1. The summed E-state index contributed by atoms with van der Waals surface area (Å²) in [7, 11) is 1.48. The fourth-order valence-corrected chi connectivity index (χ4v) is 2.14. The lowest BCUT2D eigenvalue weighted by atomic mass is 10.1. The molecule has 2 rings (SSSR count). The Hall–Kier alpha value is -2.08. The third-order valence-corrected chi connectivity index (χ3v) is 3.22. The quantitative estimate of drug-likeness (QED) is 0.839. The first-order chi connectivity index (χ1) is 9.74. The number of carbonyl (C=O) groups is 1. The lowest BCUT2D eigenvalue weighted by molar-refractivity contribution is 0.104. The Morgan fingerprint density at radius 3 is 2.85 bits per heavy atom. The van der Waals surface area contributed by atoms with Crippen molar-refractivity contribution in [3.05, 3.63) is 35.9 Å². The largest absolute Gasteiger partial charge is 0.445 e. The molecule has 0 bridgehead atoms. The molecule has 20 heavy (non-hydrogen) atoms. The van der Waals surface area contributed by atoms with E-state index in [4.69, 9.17) is 15.3 Å². The van der Waals surface area contributed by atoms with Crippen molar-refractivity contribution in [1.29, 1.82) is 0 Å². The van der Waals surface area contributed by atoms with Crippen molar-refractivity contribution < 1.29 is 14.4 Å². The third kappa shape index (κ3) is 3.48. The Kier molecular flexibility index (Phi) is 4.95. The lowest BCUT2D eigenvalue weighted by Crippen LogP contribution is -2.30. The van der Waals surface area contributed by atoms with Crippen LogP contribution < -0.4 is 5.73 Å². The predicted molar refractivity (Wildman–Crippen MR) is 75.2 cm³/mol. The van der Waals surface area contributed by atoms with Gasteiger partial charge < -0.3 is 20.2 Å². The van der Waals surface area contributed by atoms with Crippen molar-refractivity contribution >= 4 is 11.8 Å². The minimum Gasteiger partial charge on any atom is -0.445 e. The number of oxime groups is 1. The van der Waals surface area contributed by atoms with Crippen molar-refractivity contribution in [1.82, 2.24) is 4.90 Å². The zero-order valence-corrected chi connectivity index (χ0v) is 11.5. The van der Waals surface area contributed by atoms with Crippen LogP contribution in [-0.2, 0) is 16.2 Å². The maximum atomic E-state index is 12.0. The summed E-state index contributed by atoms with van der Waals surface area (Å²) in [5.74, 6) is 0.0409. The van der Waals surface area contributed by atoms with E-state index in [1.165, 1.54) is 7.11 Å². The number of hydrogen-bond acceptors (Lipinski definition) is 5. The van der Waals surface area contributed by atoms with Crippen LogP contribution in [0.15, 0.2) is 35.5 Å². The summed E-state index contributed by atoms with van der Waals surface area (Å²) in [5.41, 5.74) is 7.41. The van der Waals surface area contributed by atoms with Crippen LogP contribution in [0.25, 0.3) is 0 Å². The molecule has 0 spiro atoms. The number of amides is 1. The van der Waals surface area contributed by atoms with E-state index >= 15 is 0 Å². The van der Waals surface area contributed by atoms with Gasteiger partial charge in [0.15, 0.2) is 0 Å². The number of benzene rings is 1. The number of hydrogen-bond donors (Lipinski definition) is 1. The Bertz CT molecular complexity index is 476. The molecule has 2 N–H and O–H groups in total. The van der Waals surface area contributed by atoms with Gasteiger partial charge in [-0.15, -0.1) is 0 Å². The van der Waals surface area contributed by atoms with Gasteiger partial charge in [0, 0.05) is 19.0 Å². The smallest absolute Gasteiger partial charge is 0.410 e. The number of nitrogens with zero attached hydrogens (tertiary/aromatic N) is 2. The Balaban J connectivity index is 1.89. The lowest BCUT2D eigenvalue weighted by Gasteiger charge is -2.15. The molecule has 1 aromatic carbocycles. The molecule has 1 aliphatic rings. The average molecular weight is 277 g/mol. The van der Waals surface area contributed by atoms with E-state index < -0.39 is 0 Å². The first kappa shape index (κ1) is 14.3. The SMILES string of the molecule is CO/N=C1/CN(C(=O)OCc2ccccc2)CC1CN. The number of nitrogens with two attached hydrogens (primary N) is 1. The van der Waals surface area contributed by atoms with Gasteiger partial charge in [0.1, 0.15) is 13.7 Å². The molecule has 1 aromatic rings. The van der Waals surface area contributed by atoms with Gasteiger partial charge in [0.2, 0.25) is 0 Å². The van der Waals surface area contributed by atoms with Crippen LogP contribution in [0.4, 0.5) is 4.79 Å². The maximum Gasteiger partial charge on any atom is 0.410 e. The normalized spacial score (nSPS) is 20.2. The van der Waals surface area contributed by atoms with Crippen LogP contribution in [0, 0.1) is 5.92 Å². The summed E-state index contributed by atoms with van der Waals surface area (Å²) in [5, 5.41) is 3.91. The Labute approximate surface area is 118 Å². The van der Waals surface area contributed by atoms with Crippen molar-refractivity contribution in [2.24, 2.45) is 16.8 Å². The number of likely N-dealkylation sites (tertiary alicyclic amines) is 1. The molecular formula is C14H19N3O3. The van der Waals surface area contributed by atoms with Crippen molar-refractivity contribution in [2.75, 3.05) is 26.7 Å². The van der Waals surface area contributed by atoms with Crippen molar-refractivity contribution in [2.45, 2.75) is 6.61 Å². The van der Waals surface area contributed by atoms with Gasteiger partial charge in [-0.1, -0.05) is 35.5 Å². The molecular weight excluding hydrogens is 258 g/mol. The minimum atomic E-state index is -0.353. The molecule has 0 aliphatic carbocycles. The summed E-state index contributed by atoms with van der Waals surface area (Å²) in [4.78, 5) is 18.4. The Morgan fingerprint density at radius 2 is 2.20 bits per heavy atom. The molecule has 1 atom stereocenters. The highest BCUT2D eigenvalue weighted by atomic mass is 16.6. The highest BCUT2D eigenvalue weighted by molar-refractivity contribution is 5.93. The predicted octanol–water partition coefficient (Wildman–Crippen LogP) is 1.22. The molecule has 6 heteroatoms. The van der Waals surface area contributed by atoms with Gasteiger partial charge in [-0.05, 0) is 5.56 Å². The second kappa shape index (κ2) is 6.91. The second-order valence-electron chi connectivity index (χ2n) is 4.62. The van der Waals surface area contributed by atoms with Gasteiger partial charge >= 0.3 is 6.09 Å². The van der Waals surface area contributed by atoms with Crippen LogP contribution in [0.2, 0.25) is 0 Å². The van der Waals surface area contributed by atoms with E-state index in [1.807, 2.05) is 30.3 Å². The van der Waals surface area contributed by atoms with Crippen LogP contribution in [-0.4, -0.2) is 43.4 Å². The van der Waals surface area contributed by atoms with E-state index in [0.717, 1.165) is 11.3 Å². The van der Waals surface area contributed by atoms with Gasteiger partial charge in [-0.3, -0.25) is 0 Å². The molecule has 1 amide bonds. The molecule has 0 aromatic heterocycles. The standard InChI is InChI=1S/C14H19N3O3/c1-19-16-13-9-17(8-12(13)7-15)14(18)20-10-11-5-3-2-4-6-11/h2-6,12H,7-10,15H2,1H3/b16-13-. The molecule has 108 valence electrons. The Morgan fingerprint density at radius 1 is 1.45 bits per heavy atom. The zero-order valence-electron chi connectivity index (χ0n) is 11.5. The summed E-state index contributed by atoms with van der Waals surface area (Å²) in [6, 6.07) is 9.57. The first-order valence-electron chi connectivity index (χ1n) is 6.50. The molecule has 1 unspecified atom stereocenters. The first-order valence-corrected chi connectivity index (χ1v) is 6.50. The molecule has 0 saturated carbocycles. The highest BCUT2D eigenvalue weighted by Gasteiger charge is 2.32. The highest BCUT2D eigenvalue weighted by Crippen LogP contribution is 2.15. The molecule has 1 heterocycles. The molecule has 1 saturated heterocycles. The monoisotopic (exact) mass is 277 g/mol. The van der Waals surface area contributed by atoms with Crippen LogP contribution in [0.1, 0.15) is 5.56 Å². The number of rotatable bonds is 4. The van der Waals surface area contributed by atoms with Gasteiger partial charge in [0.25, 0.3) is 0 Å².